The standard InChI is InChI=1S/C12H12IN3S.C2H6/c13-17-4-3-9-1-2-12(15-6-9)16-10-5-11(16)8-14-7-10;1-2/h1-2,6,10-11,14H,5,7-8H2;1-2H3. The zero-order valence-corrected chi connectivity index (χ0v) is 14.2. The van der Waals surface area contributed by atoms with Crippen molar-refractivity contribution in [2.45, 2.75) is 32.4 Å². The Balaban J connectivity index is 0.000000637. The zero-order valence-electron chi connectivity index (χ0n) is 11.2. The second-order valence-electron chi connectivity index (χ2n) is 4.32. The Hall–Kier alpha value is -0.450. The van der Waals surface area contributed by atoms with Gasteiger partial charge in [-0.2, -0.15) is 0 Å². The van der Waals surface area contributed by atoms with Gasteiger partial charge in [0, 0.05) is 58.1 Å². The van der Waals surface area contributed by atoms with E-state index in [0.29, 0.717) is 12.1 Å². The summed E-state index contributed by atoms with van der Waals surface area (Å²) in [5.74, 6) is 4.16. The number of halogens is 1. The molecule has 0 spiro atoms. The molecule has 0 saturated carbocycles. The molecule has 3 heterocycles. The molecule has 102 valence electrons. The minimum atomic E-state index is 0.642. The molecule has 0 aromatic carbocycles. The highest BCUT2D eigenvalue weighted by Gasteiger charge is 2.41. The fraction of sp³-hybridized carbons (Fsp3) is 0.500. The number of aromatic nitrogens is 1. The summed E-state index contributed by atoms with van der Waals surface area (Å²) in [5, 5.41) is 6.40. The van der Waals surface area contributed by atoms with Gasteiger partial charge >= 0.3 is 0 Å². The molecule has 1 aromatic rings. The van der Waals surface area contributed by atoms with Crippen molar-refractivity contribution >= 4 is 36.0 Å². The van der Waals surface area contributed by atoms with E-state index in [1.807, 2.05) is 20.0 Å². The van der Waals surface area contributed by atoms with Gasteiger partial charge in [-0.25, -0.2) is 4.98 Å². The van der Waals surface area contributed by atoms with Crippen molar-refractivity contribution < 1.29 is 0 Å². The van der Waals surface area contributed by atoms with E-state index in [2.05, 4.69) is 59.7 Å². The first-order valence-corrected chi connectivity index (χ1v) is 9.98. The normalized spacial score (nSPS) is 23.4. The second-order valence-corrected chi connectivity index (χ2v) is 6.00. The van der Waals surface area contributed by atoms with E-state index in [1.54, 1.807) is 0 Å². The van der Waals surface area contributed by atoms with E-state index in [9.17, 15) is 0 Å². The number of piperazine rings is 1. The van der Waals surface area contributed by atoms with Crippen molar-refractivity contribution in [1.29, 1.82) is 0 Å². The van der Waals surface area contributed by atoms with Crippen molar-refractivity contribution in [2.24, 2.45) is 0 Å². The monoisotopic (exact) mass is 387 g/mol. The molecule has 19 heavy (non-hydrogen) atoms. The van der Waals surface area contributed by atoms with Gasteiger partial charge in [-0.3, -0.25) is 0 Å². The van der Waals surface area contributed by atoms with Crippen molar-refractivity contribution in [3.8, 4) is 11.2 Å². The first-order valence-electron chi connectivity index (χ1n) is 6.62. The predicted octanol–water partition coefficient (Wildman–Crippen LogP) is 3.05. The molecule has 1 N–H and O–H groups in total. The molecule has 0 aliphatic carbocycles. The molecular formula is C14H18IN3S. The van der Waals surface area contributed by atoms with Gasteiger partial charge in [0.2, 0.25) is 0 Å². The number of piperidine rings is 1. The molecule has 2 fully saturated rings. The average molecular weight is 387 g/mol. The molecule has 3 nitrogen and oxygen atoms in total. The summed E-state index contributed by atoms with van der Waals surface area (Å²) in [6.07, 6.45) is 3.18. The topological polar surface area (TPSA) is 28.2 Å². The zero-order chi connectivity index (χ0) is 13.7. The van der Waals surface area contributed by atoms with Crippen molar-refractivity contribution in [3.63, 3.8) is 0 Å². The van der Waals surface area contributed by atoms with Crippen LogP contribution in [0.2, 0.25) is 0 Å². The summed E-state index contributed by atoms with van der Waals surface area (Å²) in [6.45, 7) is 6.18. The molecule has 5 heteroatoms. The van der Waals surface area contributed by atoms with Crippen LogP contribution in [0.15, 0.2) is 18.3 Å². The molecule has 3 rings (SSSR count). The molecule has 2 saturated heterocycles. The molecular weight excluding hydrogens is 369 g/mol. The third-order valence-corrected chi connectivity index (χ3v) is 4.18. The van der Waals surface area contributed by atoms with Gasteiger partial charge in [-0.1, -0.05) is 19.8 Å². The Bertz CT molecular complexity index is 452. The Labute approximate surface area is 131 Å². The molecule has 2 aliphatic heterocycles. The second kappa shape index (κ2) is 7.36. The number of pyridine rings is 1. The third kappa shape index (κ3) is 3.36. The van der Waals surface area contributed by atoms with Gasteiger partial charge in [0.1, 0.15) is 5.82 Å². The summed E-state index contributed by atoms with van der Waals surface area (Å²) in [7, 11) is 1.50. The lowest BCUT2D eigenvalue weighted by Crippen LogP contribution is -2.68. The fourth-order valence-corrected chi connectivity index (χ4v) is 3.03. The van der Waals surface area contributed by atoms with Crippen LogP contribution in [0.25, 0.3) is 0 Å². The quantitative estimate of drug-likeness (QED) is 0.592. The van der Waals surface area contributed by atoms with E-state index in [-0.39, 0.29) is 0 Å². The first-order chi connectivity index (χ1) is 9.38. The Morgan fingerprint density at radius 3 is 2.63 bits per heavy atom. The lowest BCUT2D eigenvalue weighted by molar-refractivity contribution is 0.260. The summed E-state index contributed by atoms with van der Waals surface area (Å²) >= 11 is 2.17. The molecule has 0 amide bonds. The highest BCUT2D eigenvalue weighted by atomic mass is 127. The third-order valence-electron chi connectivity index (χ3n) is 3.34. The van der Waals surface area contributed by atoms with Gasteiger partial charge in [0.25, 0.3) is 0 Å². The lowest BCUT2D eigenvalue weighted by atomic mass is 9.89. The number of fused-ring (bicyclic) bond motifs is 2. The van der Waals surface area contributed by atoms with Crippen molar-refractivity contribution in [3.05, 3.63) is 23.9 Å². The molecule has 0 radical (unpaired) electrons. The summed E-state index contributed by atoms with van der Waals surface area (Å²) in [6, 6.07) is 5.43. The summed E-state index contributed by atoms with van der Waals surface area (Å²) < 4.78 is 0. The number of anilines is 1. The smallest absolute Gasteiger partial charge is 0.129 e. The SMILES string of the molecule is CC.ISC#Cc1ccc(N2C3CNCC2C3)nc1. The molecule has 2 atom stereocenters. The van der Waals surface area contributed by atoms with Crippen LogP contribution in [0.4, 0.5) is 5.82 Å². The number of hydrogen-bond donors (Lipinski definition) is 1. The summed E-state index contributed by atoms with van der Waals surface area (Å²) in [4.78, 5) is 6.95. The number of nitrogens with one attached hydrogen (secondary N) is 1. The van der Waals surface area contributed by atoms with Crippen LogP contribution in [-0.2, 0) is 0 Å². The number of nitrogens with zero attached hydrogens (tertiary/aromatic N) is 2. The largest absolute Gasteiger partial charge is 0.348 e. The number of hydrogen-bond acceptors (Lipinski definition) is 4. The van der Waals surface area contributed by atoms with E-state index in [0.717, 1.165) is 24.5 Å². The fourth-order valence-electron chi connectivity index (χ4n) is 2.55. The van der Waals surface area contributed by atoms with Crippen molar-refractivity contribution in [1.82, 2.24) is 10.3 Å². The predicted molar refractivity (Wildman–Crippen MR) is 91.6 cm³/mol. The maximum absolute atomic E-state index is 4.52. The van der Waals surface area contributed by atoms with Crippen molar-refractivity contribution in [2.75, 3.05) is 18.0 Å². The lowest BCUT2D eigenvalue weighted by Gasteiger charge is -2.53. The minimum Gasteiger partial charge on any atom is -0.348 e. The van der Waals surface area contributed by atoms with E-state index < -0.39 is 0 Å². The van der Waals surface area contributed by atoms with E-state index >= 15 is 0 Å². The molecule has 2 aliphatic rings. The van der Waals surface area contributed by atoms with Gasteiger partial charge in [-0.05, 0) is 32.7 Å². The Morgan fingerprint density at radius 1 is 1.37 bits per heavy atom. The van der Waals surface area contributed by atoms with Crippen LogP contribution in [0.3, 0.4) is 0 Å². The van der Waals surface area contributed by atoms with Crippen LogP contribution in [-0.4, -0.2) is 30.2 Å². The molecule has 2 unspecified atom stereocenters. The molecule has 2 bridgehead atoms. The first kappa shape index (κ1) is 14.9. The Kier molecular flexibility index (Phi) is 5.79. The maximum atomic E-state index is 4.52. The summed E-state index contributed by atoms with van der Waals surface area (Å²) in [5.41, 5.74) is 0.988. The van der Waals surface area contributed by atoms with Gasteiger partial charge in [0.05, 0.1) is 0 Å². The highest BCUT2D eigenvalue weighted by Crippen LogP contribution is 2.32. The van der Waals surface area contributed by atoms with E-state index in [4.69, 9.17) is 0 Å². The average Bonchev–Trinajstić information content (AvgIpc) is 2.49. The van der Waals surface area contributed by atoms with Gasteiger partial charge < -0.3 is 10.2 Å². The molecule has 1 aromatic heterocycles. The minimum absolute atomic E-state index is 0.642. The maximum Gasteiger partial charge on any atom is 0.129 e. The van der Waals surface area contributed by atoms with Crippen LogP contribution < -0.4 is 10.2 Å². The van der Waals surface area contributed by atoms with Crippen LogP contribution >= 0.6 is 30.1 Å². The van der Waals surface area contributed by atoms with Crippen LogP contribution in [0.1, 0.15) is 25.8 Å². The van der Waals surface area contributed by atoms with Gasteiger partial charge in [0.15, 0.2) is 0 Å². The van der Waals surface area contributed by atoms with Gasteiger partial charge in [-0.15, -0.1) is 0 Å². The van der Waals surface area contributed by atoms with E-state index in [1.165, 1.54) is 15.4 Å². The van der Waals surface area contributed by atoms with Crippen LogP contribution in [0.5, 0.6) is 0 Å². The Morgan fingerprint density at radius 2 is 2.11 bits per heavy atom. The van der Waals surface area contributed by atoms with Crippen LogP contribution in [0, 0.1) is 11.2 Å². The number of rotatable bonds is 1. The highest BCUT2D eigenvalue weighted by molar-refractivity contribution is 14.2.